The molecule has 3 rings (SSSR count). The van der Waals surface area contributed by atoms with Crippen LogP contribution in [0.3, 0.4) is 0 Å². The Hall–Kier alpha value is -2.53. The number of rotatable bonds is 10. The van der Waals surface area contributed by atoms with Crippen molar-refractivity contribution in [3.05, 3.63) is 105 Å². The summed E-state index contributed by atoms with van der Waals surface area (Å²) < 4.78 is 0. The highest BCUT2D eigenvalue weighted by Gasteiger charge is 2.31. The average molecular weight is 532 g/mol. The van der Waals surface area contributed by atoms with Gasteiger partial charge in [-0.05, 0) is 54.3 Å². The molecule has 0 aliphatic heterocycles. The van der Waals surface area contributed by atoms with Gasteiger partial charge in [-0.3, -0.25) is 9.59 Å². The van der Waals surface area contributed by atoms with Crippen LogP contribution in [0.15, 0.2) is 72.8 Å². The molecule has 0 aliphatic rings. The summed E-state index contributed by atoms with van der Waals surface area (Å²) in [6.07, 6.45) is 1.12. The number of nitrogens with zero attached hydrogens (tertiary/aromatic N) is 1. The van der Waals surface area contributed by atoms with Crippen molar-refractivity contribution in [2.75, 3.05) is 0 Å². The van der Waals surface area contributed by atoms with E-state index in [0.29, 0.717) is 27.1 Å². The van der Waals surface area contributed by atoms with Gasteiger partial charge in [0.1, 0.15) is 6.04 Å². The van der Waals surface area contributed by atoms with Gasteiger partial charge in [-0.15, -0.1) is 0 Å². The molecule has 184 valence electrons. The minimum atomic E-state index is -0.737. The van der Waals surface area contributed by atoms with E-state index >= 15 is 0 Å². The summed E-state index contributed by atoms with van der Waals surface area (Å²) >= 11 is 19.0. The van der Waals surface area contributed by atoms with E-state index in [2.05, 4.69) is 5.32 Å². The lowest BCUT2D eigenvalue weighted by molar-refractivity contribution is -0.141. The lowest BCUT2D eigenvalue weighted by Gasteiger charge is -2.32. The molecule has 3 aromatic rings. The first-order valence-corrected chi connectivity index (χ1v) is 12.7. The smallest absolute Gasteiger partial charge is 0.243 e. The zero-order valence-electron chi connectivity index (χ0n) is 19.8. The topological polar surface area (TPSA) is 49.4 Å². The van der Waals surface area contributed by atoms with Crippen LogP contribution < -0.4 is 5.32 Å². The van der Waals surface area contributed by atoms with Gasteiger partial charge in [0.25, 0.3) is 0 Å². The average Bonchev–Trinajstić information content (AvgIpc) is 2.84. The summed E-state index contributed by atoms with van der Waals surface area (Å²) in [5, 5.41) is 4.45. The van der Waals surface area contributed by atoms with Crippen LogP contribution in [0.25, 0.3) is 0 Å². The number of carbonyl (C=O) groups excluding carboxylic acids is 2. The fourth-order valence-electron chi connectivity index (χ4n) is 3.78. The maximum absolute atomic E-state index is 13.8. The van der Waals surface area contributed by atoms with Gasteiger partial charge in [-0.2, -0.15) is 0 Å². The third-order valence-corrected chi connectivity index (χ3v) is 6.85. The first-order chi connectivity index (χ1) is 16.8. The minimum Gasteiger partial charge on any atom is -0.352 e. The Morgan fingerprint density at radius 1 is 0.886 bits per heavy atom. The molecule has 2 atom stereocenters. The van der Waals surface area contributed by atoms with Crippen molar-refractivity contribution in [2.24, 2.45) is 0 Å². The van der Waals surface area contributed by atoms with Crippen molar-refractivity contribution in [3.63, 3.8) is 0 Å². The van der Waals surface area contributed by atoms with Gasteiger partial charge in [0, 0.05) is 34.1 Å². The van der Waals surface area contributed by atoms with Gasteiger partial charge >= 0.3 is 0 Å². The third-order valence-electron chi connectivity index (χ3n) is 5.90. The second-order valence-corrected chi connectivity index (χ2v) is 9.80. The Kier molecular flexibility index (Phi) is 10.0. The largest absolute Gasteiger partial charge is 0.352 e. The van der Waals surface area contributed by atoms with Crippen LogP contribution in [0.4, 0.5) is 0 Å². The fraction of sp³-hybridized carbons (Fsp3) is 0.286. The Morgan fingerprint density at radius 2 is 1.51 bits per heavy atom. The van der Waals surface area contributed by atoms with E-state index in [-0.39, 0.29) is 30.8 Å². The molecule has 4 nitrogen and oxygen atoms in total. The van der Waals surface area contributed by atoms with Crippen LogP contribution in [-0.4, -0.2) is 28.8 Å². The van der Waals surface area contributed by atoms with Crippen LogP contribution in [0.5, 0.6) is 0 Å². The van der Waals surface area contributed by atoms with E-state index in [9.17, 15) is 9.59 Å². The van der Waals surface area contributed by atoms with Gasteiger partial charge in [-0.25, -0.2) is 0 Å². The Labute approximate surface area is 222 Å². The molecular weight excluding hydrogens is 503 g/mol. The van der Waals surface area contributed by atoms with Gasteiger partial charge in [0.15, 0.2) is 0 Å². The molecular formula is C28H29Cl3N2O2. The molecule has 0 fully saturated rings. The molecule has 0 aliphatic carbocycles. The van der Waals surface area contributed by atoms with Crippen molar-refractivity contribution < 1.29 is 9.59 Å². The Balaban J connectivity index is 2.01. The first-order valence-electron chi connectivity index (χ1n) is 11.6. The van der Waals surface area contributed by atoms with Crippen LogP contribution >= 0.6 is 34.8 Å². The fourth-order valence-corrected chi connectivity index (χ4v) is 4.53. The molecule has 3 aromatic carbocycles. The highest BCUT2D eigenvalue weighted by molar-refractivity contribution is 6.36. The molecule has 35 heavy (non-hydrogen) atoms. The van der Waals surface area contributed by atoms with Crippen molar-refractivity contribution in [1.82, 2.24) is 10.2 Å². The van der Waals surface area contributed by atoms with Crippen molar-refractivity contribution in [3.8, 4) is 0 Å². The molecule has 0 heterocycles. The van der Waals surface area contributed by atoms with Crippen LogP contribution in [0, 0.1) is 0 Å². The lowest BCUT2D eigenvalue weighted by atomic mass is 10.0. The SMILES string of the molecule is CC[C@H](C)NC(=O)[C@H](Cc1ccccc1)N(Cc1cccc(Cl)c1)C(=O)Cc1c(Cl)cccc1Cl. The number of hydrogen-bond acceptors (Lipinski definition) is 2. The van der Waals surface area contributed by atoms with Gasteiger partial charge in [0.2, 0.25) is 11.8 Å². The number of amides is 2. The second kappa shape index (κ2) is 13.0. The molecule has 0 spiro atoms. The van der Waals surface area contributed by atoms with Crippen LogP contribution in [0.2, 0.25) is 15.1 Å². The molecule has 7 heteroatoms. The standard InChI is InChI=1S/C28H29Cl3N2O2/c1-3-19(2)32-28(35)26(16-20-9-5-4-6-10-20)33(18-21-11-7-12-22(29)15-21)27(34)17-23-24(30)13-8-14-25(23)31/h4-15,19,26H,3,16-18H2,1-2H3,(H,32,35)/t19-,26-/m0/s1. The third kappa shape index (κ3) is 7.73. The van der Waals surface area contributed by atoms with E-state index < -0.39 is 6.04 Å². The summed E-state index contributed by atoms with van der Waals surface area (Å²) in [4.78, 5) is 28.9. The maximum atomic E-state index is 13.8. The second-order valence-electron chi connectivity index (χ2n) is 8.55. The van der Waals surface area contributed by atoms with Gasteiger partial charge in [0.05, 0.1) is 6.42 Å². The van der Waals surface area contributed by atoms with Crippen LogP contribution in [0.1, 0.15) is 37.0 Å². The normalized spacial score (nSPS) is 12.6. The summed E-state index contributed by atoms with van der Waals surface area (Å²) in [6.45, 7) is 4.17. The molecule has 1 N–H and O–H groups in total. The summed E-state index contributed by atoms with van der Waals surface area (Å²) in [7, 11) is 0. The zero-order valence-corrected chi connectivity index (χ0v) is 22.1. The molecule has 2 amide bonds. The predicted molar refractivity (Wildman–Crippen MR) is 144 cm³/mol. The highest BCUT2D eigenvalue weighted by atomic mass is 35.5. The molecule has 0 unspecified atom stereocenters. The Bertz CT molecular complexity index is 1130. The first kappa shape index (κ1) is 27.1. The number of benzene rings is 3. The number of hydrogen-bond donors (Lipinski definition) is 1. The van der Waals surface area contributed by atoms with E-state index in [1.807, 2.05) is 56.3 Å². The van der Waals surface area contributed by atoms with E-state index in [1.165, 1.54) is 0 Å². The molecule has 0 saturated carbocycles. The summed E-state index contributed by atoms with van der Waals surface area (Å²) in [5.41, 5.74) is 2.32. The van der Waals surface area contributed by atoms with Crippen molar-refractivity contribution in [2.45, 2.75) is 51.7 Å². The number of halogens is 3. The summed E-state index contributed by atoms with van der Waals surface area (Å²) in [6, 6.07) is 21.4. The van der Waals surface area contributed by atoms with E-state index in [1.54, 1.807) is 35.2 Å². The van der Waals surface area contributed by atoms with Crippen molar-refractivity contribution in [1.29, 1.82) is 0 Å². The van der Waals surface area contributed by atoms with Gasteiger partial charge in [-0.1, -0.05) is 90.3 Å². The highest BCUT2D eigenvalue weighted by Crippen LogP contribution is 2.26. The van der Waals surface area contributed by atoms with Crippen LogP contribution in [-0.2, 0) is 29.0 Å². The maximum Gasteiger partial charge on any atom is 0.243 e. The van der Waals surface area contributed by atoms with E-state index in [4.69, 9.17) is 34.8 Å². The molecule has 0 bridgehead atoms. The molecule has 0 aromatic heterocycles. The zero-order chi connectivity index (χ0) is 25.4. The monoisotopic (exact) mass is 530 g/mol. The lowest BCUT2D eigenvalue weighted by Crippen LogP contribution is -2.52. The summed E-state index contributed by atoms with van der Waals surface area (Å²) in [5.74, 6) is -0.455. The molecule has 0 radical (unpaired) electrons. The Morgan fingerprint density at radius 3 is 2.14 bits per heavy atom. The van der Waals surface area contributed by atoms with Gasteiger partial charge < -0.3 is 10.2 Å². The number of carbonyl (C=O) groups is 2. The predicted octanol–water partition coefficient (Wildman–Crippen LogP) is 6.74. The quantitative estimate of drug-likeness (QED) is 0.315. The minimum absolute atomic E-state index is 0.0260. The molecule has 0 saturated heterocycles. The van der Waals surface area contributed by atoms with E-state index in [0.717, 1.165) is 17.5 Å². The van der Waals surface area contributed by atoms with Crippen molar-refractivity contribution >= 4 is 46.6 Å². The number of nitrogens with one attached hydrogen (secondary N) is 1.